The third-order valence-electron chi connectivity index (χ3n) is 1.89. The van der Waals surface area contributed by atoms with E-state index in [0.717, 1.165) is 18.4 Å². The number of hydrogen-bond donors (Lipinski definition) is 0. The third-order valence-corrected chi connectivity index (χ3v) is 4.84. The monoisotopic (exact) mass is 266 g/mol. The van der Waals surface area contributed by atoms with Crippen LogP contribution < -0.4 is 0 Å². The van der Waals surface area contributed by atoms with Crippen LogP contribution in [0.5, 0.6) is 0 Å². The number of rotatable bonds is 4. The second kappa shape index (κ2) is 4.50. The Labute approximate surface area is 93.9 Å². The molecular weight excluding hydrogens is 255 g/mol. The fourth-order valence-electron chi connectivity index (χ4n) is 1.07. The Morgan fingerprint density at radius 1 is 1.06 bits per heavy atom. The lowest BCUT2D eigenvalue weighted by Gasteiger charge is -2.04. The SMILES string of the molecule is CS(=O)(=O)CCS(=O)(=O)c1ccccc1F. The van der Waals surface area contributed by atoms with E-state index in [4.69, 9.17) is 0 Å². The van der Waals surface area contributed by atoms with E-state index in [9.17, 15) is 21.2 Å². The molecule has 0 heterocycles. The average molecular weight is 266 g/mol. The van der Waals surface area contributed by atoms with Crippen molar-refractivity contribution in [2.24, 2.45) is 0 Å². The molecule has 0 radical (unpaired) electrons. The first-order chi connectivity index (χ1) is 7.22. The van der Waals surface area contributed by atoms with Gasteiger partial charge in [-0.1, -0.05) is 12.1 Å². The quantitative estimate of drug-likeness (QED) is 0.802. The van der Waals surface area contributed by atoms with Crippen molar-refractivity contribution in [2.75, 3.05) is 17.8 Å². The Bertz CT molecular complexity index is 575. The first-order valence-corrected chi connectivity index (χ1v) is 8.09. The van der Waals surface area contributed by atoms with Crippen molar-refractivity contribution in [1.82, 2.24) is 0 Å². The fourth-order valence-corrected chi connectivity index (χ4v) is 4.03. The van der Waals surface area contributed by atoms with E-state index in [2.05, 4.69) is 0 Å². The van der Waals surface area contributed by atoms with Crippen LogP contribution in [0.2, 0.25) is 0 Å². The highest BCUT2D eigenvalue weighted by molar-refractivity contribution is 7.94. The highest BCUT2D eigenvalue weighted by atomic mass is 32.2. The third kappa shape index (κ3) is 3.57. The van der Waals surface area contributed by atoms with Crippen LogP contribution in [0, 0.1) is 5.82 Å². The van der Waals surface area contributed by atoms with Crippen LogP contribution in [0.1, 0.15) is 0 Å². The van der Waals surface area contributed by atoms with Gasteiger partial charge >= 0.3 is 0 Å². The van der Waals surface area contributed by atoms with E-state index in [1.54, 1.807) is 0 Å². The maximum Gasteiger partial charge on any atom is 0.182 e. The molecule has 0 aromatic heterocycles. The van der Waals surface area contributed by atoms with Gasteiger partial charge in [0, 0.05) is 6.26 Å². The minimum absolute atomic E-state index is 0.460. The van der Waals surface area contributed by atoms with E-state index in [0.29, 0.717) is 0 Å². The zero-order chi connectivity index (χ0) is 12.4. The van der Waals surface area contributed by atoms with Crippen LogP contribution in [0.4, 0.5) is 4.39 Å². The Balaban J connectivity index is 3.01. The van der Waals surface area contributed by atoms with E-state index < -0.39 is 41.9 Å². The van der Waals surface area contributed by atoms with E-state index >= 15 is 0 Å². The zero-order valence-electron chi connectivity index (χ0n) is 8.55. The zero-order valence-corrected chi connectivity index (χ0v) is 10.2. The summed E-state index contributed by atoms with van der Waals surface area (Å²) in [7, 11) is -7.26. The summed E-state index contributed by atoms with van der Waals surface area (Å²) in [5.41, 5.74) is 0. The van der Waals surface area contributed by atoms with Gasteiger partial charge in [0.05, 0.1) is 11.5 Å². The molecule has 0 N–H and O–H groups in total. The Hall–Kier alpha value is -0.950. The molecule has 4 nitrogen and oxygen atoms in total. The van der Waals surface area contributed by atoms with Gasteiger partial charge in [-0.2, -0.15) is 0 Å². The second-order valence-corrected chi connectivity index (χ2v) is 7.72. The Morgan fingerprint density at radius 3 is 2.12 bits per heavy atom. The van der Waals surface area contributed by atoms with Crippen molar-refractivity contribution in [1.29, 1.82) is 0 Å². The van der Waals surface area contributed by atoms with Crippen molar-refractivity contribution in [2.45, 2.75) is 4.90 Å². The molecule has 16 heavy (non-hydrogen) atoms. The molecule has 0 aliphatic carbocycles. The Morgan fingerprint density at radius 2 is 1.62 bits per heavy atom. The summed E-state index contributed by atoms with van der Waals surface area (Å²) < 4.78 is 58.0. The highest BCUT2D eigenvalue weighted by Crippen LogP contribution is 2.15. The van der Waals surface area contributed by atoms with Gasteiger partial charge in [-0.15, -0.1) is 0 Å². The highest BCUT2D eigenvalue weighted by Gasteiger charge is 2.20. The molecule has 1 rings (SSSR count). The van der Waals surface area contributed by atoms with Gasteiger partial charge in [0.15, 0.2) is 9.84 Å². The topological polar surface area (TPSA) is 68.3 Å². The van der Waals surface area contributed by atoms with Gasteiger partial charge in [-0.05, 0) is 12.1 Å². The lowest BCUT2D eigenvalue weighted by Crippen LogP contribution is -2.17. The largest absolute Gasteiger partial charge is 0.229 e. The molecule has 0 aliphatic heterocycles. The van der Waals surface area contributed by atoms with Gasteiger partial charge in [-0.3, -0.25) is 0 Å². The first-order valence-electron chi connectivity index (χ1n) is 4.37. The van der Waals surface area contributed by atoms with Crippen molar-refractivity contribution < 1.29 is 21.2 Å². The lowest BCUT2D eigenvalue weighted by atomic mass is 10.3. The molecule has 0 unspecified atom stereocenters. The Kier molecular flexibility index (Phi) is 3.69. The minimum Gasteiger partial charge on any atom is -0.229 e. The molecule has 0 amide bonds. The van der Waals surface area contributed by atoms with Crippen LogP contribution in [-0.4, -0.2) is 34.6 Å². The summed E-state index contributed by atoms with van der Waals surface area (Å²) in [5.74, 6) is -1.98. The molecule has 1 aromatic rings. The smallest absolute Gasteiger partial charge is 0.182 e. The van der Waals surface area contributed by atoms with Crippen molar-refractivity contribution in [3.05, 3.63) is 30.1 Å². The summed E-state index contributed by atoms with van der Waals surface area (Å²) in [6.45, 7) is 0. The summed E-state index contributed by atoms with van der Waals surface area (Å²) >= 11 is 0. The van der Waals surface area contributed by atoms with Crippen LogP contribution in [-0.2, 0) is 19.7 Å². The second-order valence-electron chi connectivity index (χ2n) is 3.38. The van der Waals surface area contributed by atoms with Gasteiger partial charge in [-0.25, -0.2) is 21.2 Å². The molecule has 0 aliphatic rings. The molecule has 0 saturated carbocycles. The van der Waals surface area contributed by atoms with E-state index in [1.807, 2.05) is 0 Å². The van der Waals surface area contributed by atoms with E-state index in [-0.39, 0.29) is 0 Å². The van der Waals surface area contributed by atoms with Crippen LogP contribution in [0.15, 0.2) is 29.2 Å². The molecular formula is C9H11FO4S2. The maximum absolute atomic E-state index is 13.2. The summed E-state index contributed by atoms with van der Waals surface area (Å²) in [6.07, 6.45) is 0.934. The predicted molar refractivity (Wildman–Crippen MR) is 58.2 cm³/mol. The van der Waals surface area contributed by atoms with Crippen molar-refractivity contribution in [3.8, 4) is 0 Å². The van der Waals surface area contributed by atoms with Crippen molar-refractivity contribution in [3.63, 3.8) is 0 Å². The molecule has 0 fully saturated rings. The van der Waals surface area contributed by atoms with E-state index in [1.165, 1.54) is 12.1 Å². The summed E-state index contributed by atoms with van der Waals surface area (Å²) in [4.78, 5) is -0.460. The standard InChI is InChI=1S/C9H11FO4S2/c1-15(11,12)6-7-16(13,14)9-5-3-2-4-8(9)10/h2-5H,6-7H2,1H3. The van der Waals surface area contributed by atoms with Crippen LogP contribution in [0.25, 0.3) is 0 Å². The van der Waals surface area contributed by atoms with Gasteiger partial charge in [0.2, 0.25) is 0 Å². The molecule has 0 atom stereocenters. The molecule has 0 saturated heterocycles. The van der Waals surface area contributed by atoms with Crippen LogP contribution >= 0.6 is 0 Å². The minimum atomic E-state index is -3.88. The fraction of sp³-hybridized carbons (Fsp3) is 0.333. The summed E-state index contributed by atoms with van der Waals surface area (Å²) in [5, 5.41) is 0. The van der Waals surface area contributed by atoms with Gasteiger partial charge in [0.25, 0.3) is 0 Å². The molecule has 7 heteroatoms. The maximum atomic E-state index is 13.2. The van der Waals surface area contributed by atoms with Gasteiger partial charge < -0.3 is 0 Å². The molecule has 0 bridgehead atoms. The molecule has 0 spiro atoms. The number of halogens is 1. The van der Waals surface area contributed by atoms with Crippen molar-refractivity contribution >= 4 is 19.7 Å². The number of benzene rings is 1. The van der Waals surface area contributed by atoms with Gasteiger partial charge in [0.1, 0.15) is 20.5 Å². The average Bonchev–Trinajstić information content (AvgIpc) is 2.14. The number of sulfone groups is 2. The normalized spacial score (nSPS) is 12.6. The summed E-state index contributed by atoms with van der Waals surface area (Å²) in [6, 6.07) is 4.89. The number of hydrogen-bond acceptors (Lipinski definition) is 4. The molecule has 1 aromatic carbocycles. The van der Waals surface area contributed by atoms with Crippen LogP contribution in [0.3, 0.4) is 0 Å². The lowest BCUT2D eigenvalue weighted by molar-refractivity contribution is 0.566. The predicted octanol–water partition coefficient (Wildman–Crippen LogP) is 0.644. The molecule has 90 valence electrons. The first kappa shape index (κ1) is 13.1.